The molecule has 0 bridgehead atoms. The molecule has 2 amide bonds. The predicted octanol–water partition coefficient (Wildman–Crippen LogP) is 3.60. The Hall–Kier alpha value is -1.98. The van der Waals surface area contributed by atoms with Crippen molar-refractivity contribution in [2.45, 2.75) is 26.7 Å². The molecule has 122 valence electrons. The Morgan fingerprint density at radius 3 is 2.48 bits per heavy atom. The van der Waals surface area contributed by atoms with Crippen molar-refractivity contribution in [2.24, 2.45) is 0 Å². The van der Waals surface area contributed by atoms with Gasteiger partial charge < -0.3 is 4.42 Å². The van der Waals surface area contributed by atoms with Crippen molar-refractivity contribution < 1.29 is 14.0 Å². The fraction of sp³-hybridized carbons (Fsp3) is 0.250. The summed E-state index contributed by atoms with van der Waals surface area (Å²) in [6.45, 7) is 3.44. The number of rotatable bonds is 4. The van der Waals surface area contributed by atoms with Crippen molar-refractivity contribution in [3.8, 4) is 0 Å². The molecule has 7 heteroatoms. The zero-order valence-electron chi connectivity index (χ0n) is 12.7. The highest BCUT2D eigenvalue weighted by molar-refractivity contribution is 6.35. The highest BCUT2D eigenvalue weighted by Crippen LogP contribution is 2.22. The Bertz CT molecular complexity index is 741. The summed E-state index contributed by atoms with van der Waals surface area (Å²) in [5.41, 5.74) is 5.94. The maximum absolute atomic E-state index is 11.9. The van der Waals surface area contributed by atoms with Crippen LogP contribution in [0.2, 0.25) is 10.0 Å². The molecule has 2 N–H and O–H groups in total. The van der Waals surface area contributed by atoms with E-state index in [1.54, 1.807) is 38.1 Å². The highest BCUT2D eigenvalue weighted by atomic mass is 35.5. The van der Waals surface area contributed by atoms with Gasteiger partial charge in [0.2, 0.25) is 5.91 Å². The van der Waals surface area contributed by atoms with Crippen LogP contribution < -0.4 is 10.9 Å². The fourth-order valence-electron chi connectivity index (χ4n) is 2.09. The predicted molar refractivity (Wildman–Crippen MR) is 88.6 cm³/mol. The van der Waals surface area contributed by atoms with Crippen LogP contribution in [0.25, 0.3) is 0 Å². The summed E-state index contributed by atoms with van der Waals surface area (Å²) < 4.78 is 5.27. The summed E-state index contributed by atoms with van der Waals surface area (Å²) in [7, 11) is 0. The minimum Gasteiger partial charge on any atom is -0.466 e. The largest absolute Gasteiger partial charge is 0.466 e. The molecular weight excluding hydrogens is 339 g/mol. The van der Waals surface area contributed by atoms with Gasteiger partial charge in [0.15, 0.2) is 0 Å². The molecule has 2 aromatic rings. The molecule has 0 aliphatic heterocycles. The lowest BCUT2D eigenvalue weighted by atomic mass is 10.1. The third kappa shape index (κ3) is 4.74. The summed E-state index contributed by atoms with van der Waals surface area (Å²) in [6.07, 6.45) is 0.632. The number of carbonyl (C=O) groups excluding carboxylic acids is 2. The monoisotopic (exact) mass is 354 g/mol. The van der Waals surface area contributed by atoms with Crippen LogP contribution in [0, 0.1) is 13.8 Å². The van der Waals surface area contributed by atoms with E-state index in [2.05, 4.69) is 10.9 Å². The van der Waals surface area contributed by atoms with Crippen molar-refractivity contribution in [2.75, 3.05) is 0 Å². The SMILES string of the molecule is Cc1cc(C(=O)NNC(=O)CCc2ccc(Cl)cc2Cl)c(C)o1. The standard InChI is InChI=1S/C16H16Cl2N2O3/c1-9-7-13(10(2)23-9)16(22)20-19-15(21)6-4-11-3-5-12(17)8-14(11)18/h3,5,7-8H,4,6H2,1-2H3,(H,19,21)(H,20,22). The molecule has 0 saturated carbocycles. The molecule has 5 nitrogen and oxygen atoms in total. The van der Waals surface area contributed by atoms with E-state index in [4.69, 9.17) is 27.6 Å². The Labute approximate surface area is 143 Å². The average molecular weight is 355 g/mol. The number of hydrazine groups is 1. The molecule has 2 rings (SSSR count). The number of carbonyl (C=O) groups is 2. The lowest BCUT2D eigenvalue weighted by Crippen LogP contribution is -2.41. The van der Waals surface area contributed by atoms with Gasteiger partial charge in [-0.05, 0) is 44.0 Å². The number of hydrogen-bond acceptors (Lipinski definition) is 3. The Kier molecular flexibility index (Phi) is 5.69. The molecule has 1 heterocycles. The summed E-state index contributed by atoms with van der Waals surface area (Å²) in [4.78, 5) is 23.7. The van der Waals surface area contributed by atoms with Crippen molar-refractivity contribution in [3.63, 3.8) is 0 Å². The van der Waals surface area contributed by atoms with Crippen LogP contribution in [-0.2, 0) is 11.2 Å². The quantitative estimate of drug-likeness (QED) is 0.824. The lowest BCUT2D eigenvalue weighted by Gasteiger charge is -2.08. The molecule has 23 heavy (non-hydrogen) atoms. The Balaban J connectivity index is 1.83. The molecule has 0 radical (unpaired) electrons. The minimum atomic E-state index is -0.419. The zero-order valence-corrected chi connectivity index (χ0v) is 14.2. The number of benzene rings is 1. The van der Waals surface area contributed by atoms with E-state index in [0.29, 0.717) is 33.6 Å². The van der Waals surface area contributed by atoms with Gasteiger partial charge in [0.1, 0.15) is 11.5 Å². The second-order valence-electron chi connectivity index (χ2n) is 5.06. The number of amides is 2. The van der Waals surface area contributed by atoms with Gasteiger partial charge >= 0.3 is 0 Å². The highest BCUT2D eigenvalue weighted by Gasteiger charge is 2.14. The maximum atomic E-state index is 11.9. The van der Waals surface area contributed by atoms with E-state index in [1.807, 2.05) is 0 Å². The summed E-state index contributed by atoms with van der Waals surface area (Å²) in [6, 6.07) is 6.73. The smallest absolute Gasteiger partial charge is 0.273 e. The topological polar surface area (TPSA) is 71.3 Å². The number of furan rings is 1. The third-order valence-corrected chi connectivity index (χ3v) is 3.82. The molecular formula is C16H16Cl2N2O3. The summed E-state index contributed by atoms with van der Waals surface area (Å²) >= 11 is 11.9. The summed E-state index contributed by atoms with van der Waals surface area (Å²) in [5.74, 6) is 0.401. The van der Waals surface area contributed by atoms with E-state index in [0.717, 1.165) is 5.56 Å². The van der Waals surface area contributed by atoms with Gasteiger partial charge in [0.05, 0.1) is 5.56 Å². The van der Waals surface area contributed by atoms with Gasteiger partial charge in [0.25, 0.3) is 5.91 Å². The van der Waals surface area contributed by atoms with Gasteiger partial charge in [-0.25, -0.2) is 0 Å². The van der Waals surface area contributed by atoms with Crippen molar-refractivity contribution in [3.05, 3.63) is 57.0 Å². The van der Waals surface area contributed by atoms with E-state index in [1.165, 1.54) is 0 Å². The molecule has 0 spiro atoms. The molecule has 1 aromatic heterocycles. The van der Waals surface area contributed by atoms with E-state index < -0.39 is 5.91 Å². The second kappa shape index (κ2) is 7.53. The van der Waals surface area contributed by atoms with Crippen LogP contribution in [0.4, 0.5) is 0 Å². The van der Waals surface area contributed by atoms with Crippen LogP contribution in [0.15, 0.2) is 28.7 Å². The van der Waals surface area contributed by atoms with Crippen LogP contribution in [0.5, 0.6) is 0 Å². The number of nitrogens with one attached hydrogen (secondary N) is 2. The lowest BCUT2D eigenvalue weighted by molar-refractivity contribution is -0.121. The third-order valence-electron chi connectivity index (χ3n) is 3.24. The first-order chi connectivity index (χ1) is 10.9. The maximum Gasteiger partial charge on any atom is 0.273 e. The average Bonchev–Trinajstić information content (AvgIpc) is 2.82. The molecule has 0 saturated heterocycles. The number of halogens is 2. The van der Waals surface area contributed by atoms with Gasteiger partial charge in [-0.1, -0.05) is 29.3 Å². The van der Waals surface area contributed by atoms with Crippen molar-refractivity contribution >= 4 is 35.0 Å². The van der Waals surface area contributed by atoms with Crippen LogP contribution in [0.3, 0.4) is 0 Å². The summed E-state index contributed by atoms with van der Waals surface area (Å²) in [5, 5.41) is 1.06. The first-order valence-corrected chi connectivity index (χ1v) is 7.72. The Morgan fingerprint density at radius 2 is 1.87 bits per heavy atom. The van der Waals surface area contributed by atoms with E-state index in [9.17, 15) is 9.59 Å². The molecule has 0 fully saturated rings. The zero-order chi connectivity index (χ0) is 17.0. The van der Waals surface area contributed by atoms with E-state index >= 15 is 0 Å². The van der Waals surface area contributed by atoms with Gasteiger partial charge in [-0.2, -0.15) is 0 Å². The molecule has 0 atom stereocenters. The number of aryl methyl sites for hydroxylation is 3. The van der Waals surface area contributed by atoms with Gasteiger partial charge in [0, 0.05) is 16.5 Å². The van der Waals surface area contributed by atoms with E-state index in [-0.39, 0.29) is 12.3 Å². The molecule has 0 aliphatic carbocycles. The van der Waals surface area contributed by atoms with Crippen LogP contribution in [-0.4, -0.2) is 11.8 Å². The van der Waals surface area contributed by atoms with Crippen LogP contribution in [0.1, 0.15) is 33.9 Å². The molecule has 0 unspecified atom stereocenters. The van der Waals surface area contributed by atoms with Crippen molar-refractivity contribution in [1.82, 2.24) is 10.9 Å². The first kappa shape index (κ1) is 17.4. The van der Waals surface area contributed by atoms with Gasteiger partial charge in [-0.15, -0.1) is 0 Å². The fourth-order valence-corrected chi connectivity index (χ4v) is 2.59. The van der Waals surface area contributed by atoms with Crippen LogP contribution >= 0.6 is 23.2 Å². The van der Waals surface area contributed by atoms with Crippen molar-refractivity contribution in [1.29, 1.82) is 0 Å². The Morgan fingerprint density at radius 1 is 1.13 bits per heavy atom. The molecule has 1 aromatic carbocycles. The second-order valence-corrected chi connectivity index (χ2v) is 5.91. The minimum absolute atomic E-state index is 0.186. The van der Waals surface area contributed by atoms with Gasteiger partial charge in [-0.3, -0.25) is 20.4 Å². The first-order valence-electron chi connectivity index (χ1n) is 6.97. The normalized spacial score (nSPS) is 10.4. The number of hydrogen-bond donors (Lipinski definition) is 2. The molecule has 0 aliphatic rings.